The van der Waals surface area contributed by atoms with Gasteiger partial charge in [0.1, 0.15) is 5.82 Å². The van der Waals surface area contributed by atoms with Gasteiger partial charge in [0.15, 0.2) is 6.10 Å². The van der Waals surface area contributed by atoms with Crippen LogP contribution in [-0.4, -0.2) is 39.5 Å². The summed E-state index contributed by atoms with van der Waals surface area (Å²) in [6, 6.07) is 9.60. The molecule has 3 aromatic rings. The number of rotatable bonds is 8. The van der Waals surface area contributed by atoms with Gasteiger partial charge in [-0.15, -0.1) is 0 Å². The maximum atomic E-state index is 13.5. The van der Waals surface area contributed by atoms with Gasteiger partial charge in [0.25, 0.3) is 5.56 Å². The number of aromatic nitrogens is 2. The summed E-state index contributed by atoms with van der Waals surface area (Å²) >= 11 is 6.16. The van der Waals surface area contributed by atoms with Gasteiger partial charge in [0.05, 0.1) is 28.6 Å². The number of nitrogens with zero attached hydrogens (tertiary/aromatic N) is 4. The van der Waals surface area contributed by atoms with Gasteiger partial charge in [-0.25, -0.2) is 9.78 Å². The zero-order valence-electron chi connectivity index (χ0n) is 20.6. The quantitative estimate of drug-likeness (QED) is 0.170. The largest absolute Gasteiger partial charge is 0.471 e. The molecular formula is C26H27ClN4O6. The number of esters is 1. The molecule has 194 valence electrons. The molecular weight excluding hydrogens is 500 g/mol. The summed E-state index contributed by atoms with van der Waals surface area (Å²) in [5.41, 5.74) is -0.0712. The summed E-state index contributed by atoms with van der Waals surface area (Å²) in [5.74, 6) is -0.293. The minimum Gasteiger partial charge on any atom is -0.471 e. The number of carbonyl (C=O) groups is 1. The summed E-state index contributed by atoms with van der Waals surface area (Å²) in [5, 5.41) is 16.7. The lowest BCUT2D eigenvalue weighted by atomic mass is 9.88. The molecule has 0 aliphatic heterocycles. The first-order chi connectivity index (χ1) is 17.8. The molecule has 37 heavy (non-hydrogen) atoms. The second kappa shape index (κ2) is 11.5. The Morgan fingerprint density at radius 1 is 1.30 bits per heavy atom. The number of fused-ring (bicyclic) bond motifs is 1. The van der Waals surface area contributed by atoms with Crippen LogP contribution in [0.4, 0.5) is 5.69 Å². The molecule has 1 atom stereocenters. The molecule has 0 amide bonds. The average molecular weight is 527 g/mol. The Hall–Kier alpha value is -3.79. The van der Waals surface area contributed by atoms with Crippen molar-refractivity contribution in [2.75, 3.05) is 6.61 Å². The van der Waals surface area contributed by atoms with E-state index in [4.69, 9.17) is 26.1 Å². The smallest absolute Gasteiger partial charge is 0.347 e. The minimum absolute atomic E-state index is 0.0523. The molecule has 1 aliphatic rings. The van der Waals surface area contributed by atoms with Crippen LogP contribution in [0, 0.1) is 10.1 Å². The molecule has 0 unspecified atom stereocenters. The molecule has 1 aromatic heterocycles. The van der Waals surface area contributed by atoms with Crippen molar-refractivity contribution in [2.45, 2.75) is 58.0 Å². The zero-order valence-corrected chi connectivity index (χ0v) is 21.3. The normalized spacial score (nSPS) is 15.1. The van der Waals surface area contributed by atoms with Crippen molar-refractivity contribution in [1.29, 1.82) is 0 Å². The number of carbonyl (C=O) groups excluding carboxylic acids is 1. The minimum atomic E-state index is -1.13. The van der Waals surface area contributed by atoms with Crippen LogP contribution in [0.25, 0.3) is 10.9 Å². The Kier molecular flexibility index (Phi) is 8.17. The third kappa shape index (κ3) is 5.80. The summed E-state index contributed by atoms with van der Waals surface area (Å²) in [6.07, 6.45) is 5.10. The molecule has 11 heteroatoms. The standard InChI is InChI=1S/C26H27ClN4O6/c1-3-36-26(33)16(2)37-23-18(13-19(27)14-22(23)31(34)35)15-28-30-24(17-9-5-4-6-10-17)29-21-12-8-7-11-20(21)25(30)32/h7-8,11-17H,3-6,9-10H2,1-2H3/t16-/m0/s1. The number of hydrogen-bond acceptors (Lipinski definition) is 8. The number of hydrogen-bond donors (Lipinski definition) is 0. The number of para-hydroxylation sites is 1. The van der Waals surface area contributed by atoms with Crippen LogP contribution in [0.5, 0.6) is 5.75 Å². The Bertz CT molecular complexity index is 1410. The third-order valence-electron chi connectivity index (χ3n) is 6.23. The van der Waals surface area contributed by atoms with Crippen molar-refractivity contribution in [3.05, 3.63) is 73.3 Å². The van der Waals surface area contributed by atoms with E-state index >= 15 is 0 Å². The summed E-state index contributed by atoms with van der Waals surface area (Å²) < 4.78 is 11.9. The van der Waals surface area contributed by atoms with Gasteiger partial charge in [0, 0.05) is 22.6 Å². The van der Waals surface area contributed by atoms with Gasteiger partial charge in [-0.1, -0.05) is 43.0 Å². The number of benzene rings is 2. The summed E-state index contributed by atoms with van der Waals surface area (Å²) in [4.78, 5) is 41.5. The van der Waals surface area contributed by atoms with E-state index in [0.29, 0.717) is 16.7 Å². The second-order valence-electron chi connectivity index (χ2n) is 8.80. The monoisotopic (exact) mass is 526 g/mol. The van der Waals surface area contributed by atoms with Gasteiger partial charge >= 0.3 is 11.7 Å². The predicted octanol–water partition coefficient (Wildman–Crippen LogP) is 5.22. The molecule has 1 fully saturated rings. The molecule has 0 saturated heterocycles. The Morgan fingerprint density at radius 3 is 2.73 bits per heavy atom. The highest BCUT2D eigenvalue weighted by molar-refractivity contribution is 6.31. The van der Waals surface area contributed by atoms with Crippen LogP contribution in [0.15, 0.2) is 46.3 Å². The number of nitro benzene ring substituents is 1. The second-order valence-corrected chi connectivity index (χ2v) is 9.23. The number of nitro groups is 1. The summed E-state index contributed by atoms with van der Waals surface area (Å²) in [7, 11) is 0. The highest BCUT2D eigenvalue weighted by atomic mass is 35.5. The molecule has 1 saturated carbocycles. The van der Waals surface area contributed by atoms with Crippen LogP contribution in [0.1, 0.15) is 63.3 Å². The predicted molar refractivity (Wildman–Crippen MR) is 140 cm³/mol. The topological polar surface area (TPSA) is 126 Å². The van der Waals surface area contributed by atoms with Crippen LogP contribution in [0.2, 0.25) is 5.02 Å². The SMILES string of the molecule is CCOC(=O)[C@H](C)Oc1c(C=Nn2c(C3CCCCC3)nc3ccccc3c2=O)cc(Cl)cc1[N+](=O)[O-]. The Balaban J connectivity index is 1.84. The Morgan fingerprint density at radius 2 is 2.03 bits per heavy atom. The molecule has 1 heterocycles. The zero-order chi connectivity index (χ0) is 26.5. The van der Waals surface area contributed by atoms with Crippen molar-refractivity contribution in [2.24, 2.45) is 5.10 Å². The molecule has 1 aliphatic carbocycles. The van der Waals surface area contributed by atoms with Gasteiger partial charge in [-0.05, 0) is 44.9 Å². The summed E-state index contributed by atoms with van der Waals surface area (Å²) in [6.45, 7) is 3.20. The van der Waals surface area contributed by atoms with Crippen molar-refractivity contribution >= 4 is 40.4 Å². The van der Waals surface area contributed by atoms with E-state index in [-0.39, 0.29) is 34.4 Å². The van der Waals surface area contributed by atoms with E-state index in [0.717, 1.165) is 38.2 Å². The van der Waals surface area contributed by atoms with E-state index in [1.165, 1.54) is 23.9 Å². The fourth-order valence-electron chi connectivity index (χ4n) is 4.44. The van der Waals surface area contributed by atoms with Gasteiger partial charge < -0.3 is 9.47 Å². The van der Waals surface area contributed by atoms with E-state index in [1.54, 1.807) is 25.1 Å². The number of halogens is 1. The van der Waals surface area contributed by atoms with Crippen LogP contribution in [-0.2, 0) is 9.53 Å². The fourth-order valence-corrected chi connectivity index (χ4v) is 4.66. The first kappa shape index (κ1) is 26.3. The molecule has 2 aromatic carbocycles. The maximum Gasteiger partial charge on any atom is 0.347 e. The van der Waals surface area contributed by atoms with E-state index in [2.05, 4.69) is 5.10 Å². The van der Waals surface area contributed by atoms with Crippen LogP contribution >= 0.6 is 11.6 Å². The molecule has 0 N–H and O–H groups in total. The third-order valence-corrected chi connectivity index (χ3v) is 6.45. The first-order valence-electron chi connectivity index (χ1n) is 12.2. The van der Waals surface area contributed by atoms with Crippen LogP contribution < -0.4 is 10.3 Å². The lowest BCUT2D eigenvalue weighted by molar-refractivity contribution is -0.386. The average Bonchev–Trinajstić information content (AvgIpc) is 2.89. The van der Waals surface area contributed by atoms with Gasteiger partial charge in [-0.2, -0.15) is 9.78 Å². The molecule has 0 spiro atoms. The molecule has 10 nitrogen and oxygen atoms in total. The van der Waals surface area contributed by atoms with Gasteiger partial charge in [0.2, 0.25) is 5.75 Å². The van der Waals surface area contributed by atoms with E-state index in [1.807, 2.05) is 6.07 Å². The van der Waals surface area contributed by atoms with Crippen LogP contribution in [0.3, 0.4) is 0 Å². The fraction of sp³-hybridized carbons (Fsp3) is 0.385. The Labute approximate surface area is 218 Å². The van der Waals surface area contributed by atoms with E-state index in [9.17, 15) is 19.7 Å². The van der Waals surface area contributed by atoms with Crippen molar-refractivity contribution in [3.63, 3.8) is 0 Å². The maximum absolute atomic E-state index is 13.5. The van der Waals surface area contributed by atoms with Crippen molar-refractivity contribution in [3.8, 4) is 5.75 Å². The molecule has 0 bridgehead atoms. The van der Waals surface area contributed by atoms with Crippen molar-refractivity contribution in [1.82, 2.24) is 9.66 Å². The lowest BCUT2D eigenvalue weighted by Gasteiger charge is -2.22. The number of ether oxygens (including phenoxy) is 2. The molecule has 4 rings (SSSR count). The first-order valence-corrected chi connectivity index (χ1v) is 12.5. The highest BCUT2D eigenvalue weighted by Crippen LogP contribution is 2.35. The van der Waals surface area contributed by atoms with Gasteiger partial charge in [-0.3, -0.25) is 14.9 Å². The molecule has 0 radical (unpaired) electrons. The highest BCUT2D eigenvalue weighted by Gasteiger charge is 2.26. The lowest BCUT2D eigenvalue weighted by Crippen LogP contribution is -2.27. The van der Waals surface area contributed by atoms with Crippen molar-refractivity contribution < 1.29 is 19.2 Å². The van der Waals surface area contributed by atoms with E-state index < -0.39 is 22.7 Å².